The Morgan fingerprint density at radius 2 is 1.31 bits per heavy atom. The molecule has 0 radical (unpaired) electrons. The van der Waals surface area contributed by atoms with Crippen molar-refractivity contribution in [3.05, 3.63) is 12.2 Å². The third-order valence-electron chi connectivity index (χ3n) is 5.74. The Kier molecular flexibility index (Phi) is 16.8. The molecule has 0 spiro atoms. The molecule has 0 amide bonds. The second-order valence-electron chi connectivity index (χ2n) is 8.46. The topological polar surface area (TPSA) is 79.2 Å². The van der Waals surface area contributed by atoms with Crippen LogP contribution in [0.2, 0.25) is 0 Å². The van der Waals surface area contributed by atoms with E-state index in [1.54, 1.807) is 0 Å². The van der Waals surface area contributed by atoms with E-state index in [-0.39, 0.29) is 13.2 Å². The summed E-state index contributed by atoms with van der Waals surface area (Å²) < 4.78 is 10.8. The minimum absolute atomic E-state index is 0.0289. The van der Waals surface area contributed by atoms with Gasteiger partial charge in [0, 0.05) is 0 Å². The van der Waals surface area contributed by atoms with E-state index >= 15 is 0 Å². The Labute approximate surface area is 178 Å². The number of aliphatic hydroxyl groups excluding tert-OH is 3. The summed E-state index contributed by atoms with van der Waals surface area (Å²) in [6.07, 6.45) is 19.2. The summed E-state index contributed by atoms with van der Waals surface area (Å²) >= 11 is 0. The highest BCUT2D eigenvalue weighted by Crippen LogP contribution is 2.16. The molecule has 1 rings (SSSR count). The van der Waals surface area contributed by atoms with Gasteiger partial charge in [-0.2, -0.15) is 0 Å². The molecule has 1 saturated heterocycles. The fourth-order valence-corrected chi connectivity index (χ4v) is 3.73. The molecule has 0 aromatic heterocycles. The molecule has 4 atom stereocenters. The van der Waals surface area contributed by atoms with E-state index in [0.717, 1.165) is 6.42 Å². The predicted molar refractivity (Wildman–Crippen MR) is 118 cm³/mol. The second-order valence-corrected chi connectivity index (χ2v) is 8.46. The van der Waals surface area contributed by atoms with Crippen LogP contribution in [0.5, 0.6) is 0 Å². The highest BCUT2D eigenvalue weighted by molar-refractivity contribution is 4.87. The van der Waals surface area contributed by atoms with Crippen LogP contribution in [0, 0.1) is 0 Å². The number of hydrogen-bond acceptors (Lipinski definition) is 5. The van der Waals surface area contributed by atoms with Crippen molar-refractivity contribution in [1.82, 2.24) is 0 Å². The number of unbranched alkanes of at least 4 members (excludes halogenated alkanes) is 13. The van der Waals surface area contributed by atoms with Crippen LogP contribution >= 0.6 is 0 Å². The van der Waals surface area contributed by atoms with Gasteiger partial charge in [-0.25, -0.2) is 0 Å². The van der Waals surface area contributed by atoms with Crippen molar-refractivity contribution in [2.45, 2.75) is 121 Å². The summed E-state index contributed by atoms with van der Waals surface area (Å²) in [7, 11) is 0. The van der Waals surface area contributed by atoms with E-state index in [1.807, 2.05) is 6.08 Å². The van der Waals surface area contributed by atoms with Crippen molar-refractivity contribution >= 4 is 0 Å². The van der Waals surface area contributed by atoms with Crippen molar-refractivity contribution in [1.29, 1.82) is 0 Å². The lowest BCUT2D eigenvalue weighted by atomic mass is 10.0. The van der Waals surface area contributed by atoms with Crippen LogP contribution in [0.15, 0.2) is 12.2 Å². The highest BCUT2D eigenvalue weighted by atomic mass is 16.6. The first kappa shape index (κ1) is 26.6. The monoisotopic (exact) mass is 414 g/mol. The van der Waals surface area contributed by atoms with Crippen LogP contribution in [0.4, 0.5) is 0 Å². The molecule has 0 unspecified atom stereocenters. The molecular formula is C24H46O5. The maximum atomic E-state index is 9.82. The number of hydrogen-bond donors (Lipinski definition) is 3. The lowest BCUT2D eigenvalue weighted by Gasteiger charge is -2.34. The first-order chi connectivity index (χ1) is 14.2. The Hall–Kier alpha value is -0.460. The Morgan fingerprint density at radius 3 is 1.90 bits per heavy atom. The molecule has 0 aliphatic carbocycles. The molecular weight excluding hydrogens is 368 g/mol. The maximum Gasteiger partial charge on any atom is 0.111 e. The van der Waals surface area contributed by atoms with Gasteiger partial charge < -0.3 is 24.8 Å². The van der Waals surface area contributed by atoms with Gasteiger partial charge in [0.1, 0.15) is 24.4 Å². The van der Waals surface area contributed by atoms with Crippen molar-refractivity contribution in [2.24, 2.45) is 0 Å². The van der Waals surface area contributed by atoms with Crippen LogP contribution in [-0.2, 0) is 9.47 Å². The first-order valence-corrected chi connectivity index (χ1v) is 12.0. The van der Waals surface area contributed by atoms with Crippen LogP contribution < -0.4 is 0 Å². The van der Waals surface area contributed by atoms with Crippen LogP contribution in [-0.4, -0.2) is 59.6 Å². The molecule has 5 heteroatoms. The number of aliphatic hydroxyl groups is 3. The summed E-state index contributed by atoms with van der Waals surface area (Å²) in [5, 5.41) is 28.8. The van der Waals surface area contributed by atoms with E-state index in [9.17, 15) is 15.3 Å². The molecule has 1 aliphatic rings. The van der Waals surface area contributed by atoms with Gasteiger partial charge in [-0.05, 0) is 12.8 Å². The standard InChI is InChI=1S/C24H46O5/c1-2-3-4-5-6-7-8-9-10-11-12-13-14-15-16-17-18-28-20-22-24(27)23(26)21(25)19-29-22/h16-17,21-27H,2-15,18-20H2,1H3/b17-16+/t21-,22+,23+,24+/m0/s1. The fourth-order valence-electron chi connectivity index (χ4n) is 3.73. The summed E-state index contributed by atoms with van der Waals surface area (Å²) in [5.74, 6) is 0. The van der Waals surface area contributed by atoms with Crippen LogP contribution in [0.1, 0.15) is 96.8 Å². The fraction of sp³-hybridized carbons (Fsp3) is 0.917. The third-order valence-corrected chi connectivity index (χ3v) is 5.74. The average molecular weight is 415 g/mol. The van der Waals surface area contributed by atoms with E-state index < -0.39 is 24.4 Å². The molecule has 1 aliphatic heterocycles. The van der Waals surface area contributed by atoms with E-state index in [4.69, 9.17) is 9.47 Å². The molecule has 3 N–H and O–H groups in total. The van der Waals surface area contributed by atoms with Gasteiger partial charge >= 0.3 is 0 Å². The van der Waals surface area contributed by atoms with Crippen molar-refractivity contribution in [3.8, 4) is 0 Å². The highest BCUT2D eigenvalue weighted by Gasteiger charge is 2.37. The lowest BCUT2D eigenvalue weighted by Crippen LogP contribution is -2.54. The summed E-state index contributed by atoms with van der Waals surface area (Å²) in [6.45, 7) is 2.99. The zero-order valence-corrected chi connectivity index (χ0v) is 18.6. The van der Waals surface area contributed by atoms with Crippen LogP contribution in [0.25, 0.3) is 0 Å². The minimum atomic E-state index is -1.16. The van der Waals surface area contributed by atoms with E-state index in [0.29, 0.717) is 6.61 Å². The van der Waals surface area contributed by atoms with Gasteiger partial charge in [-0.15, -0.1) is 0 Å². The molecule has 1 heterocycles. The van der Waals surface area contributed by atoms with E-state index in [2.05, 4.69) is 13.0 Å². The largest absolute Gasteiger partial charge is 0.388 e. The summed E-state index contributed by atoms with van der Waals surface area (Å²) in [6, 6.07) is 0. The van der Waals surface area contributed by atoms with Crippen LogP contribution in [0.3, 0.4) is 0 Å². The Bertz CT molecular complexity index is 387. The predicted octanol–water partition coefficient (Wildman–Crippen LogP) is 4.52. The molecule has 1 fully saturated rings. The van der Waals surface area contributed by atoms with Gasteiger partial charge in [-0.1, -0.05) is 96.1 Å². The van der Waals surface area contributed by atoms with Crippen molar-refractivity contribution < 1.29 is 24.8 Å². The normalized spacial score (nSPS) is 25.1. The number of rotatable bonds is 18. The summed E-state index contributed by atoms with van der Waals surface area (Å²) in [5.41, 5.74) is 0. The lowest BCUT2D eigenvalue weighted by molar-refractivity contribution is -0.198. The quantitative estimate of drug-likeness (QED) is 0.227. The summed E-state index contributed by atoms with van der Waals surface area (Å²) in [4.78, 5) is 0. The van der Waals surface area contributed by atoms with Gasteiger partial charge in [0.15, 0.2) is 0 Å². The Balaban J connectivity index is 1.81. The molecule has 5 nitrogen and oxygen atoms in total. The molecule has 0 saturated carbocycles. The molecule has 0 aromatic carbocycles. The molecule has 29 heavy (non-hydrogen) atoms. The van der Waals surface area contributed by atoms with Crippen molar-refractivity contribution in [3.63, 3.8) is 0 Å². The minimum Gasteiger partial charge on any atom is -0.388 e. The van der Waals surface area contributed by atoms with Gasteiger partial charge in [0.2, 0.25) is 0 Å². The smallest absolute Gasteiger partial charge is 0.111 e. The molecule has 0 aromatic rings. The van der Waals surface area contributed by atoms with Gasteiger partial charge in [-0.3, -0.25) is 0 Å². The Morgan fingerprint density at radius 1 is 0.759 bits per heavy atom. The maximum absolute atomic E-state index is 9.82. The SMILES string of the molecule is CCCCCCCCCCCCCCC/C=C/COC[C@H]1OC[C@H](O)[C@@H](O)[C@@H]1O. The second kappa shape index (κ2) is 18.3. The number of allylic oxidation sites excluding steroid dienone is 1. The molecule has 0 bridgehead atoms. The third kappa shape index (κ3) is 13.5. The van der Waals surface area contributed by atoms with Crippen molar-refractivity contribution in [2.75, 3.05) is 19.8 Å². The first-order valence-electron chi connectivity index (χ1n) is 12.0. The van der Waals surface area contributed by atoms with Gasteiger partial charge in [0.25, 0.3) is 0 Å². The zero-order chi connectivity index (χ0) is 21.2. The molecule has 172 valence electrons. The number of ether oxygens (including phenoxy) is 2. The average Bonchev–Trinajstić information content (AvgIpc) is 2.72. The van der Waals surface area contributed by atoms with E-state index in [1.165, 1.54) is 83.5 Å². The van der Waals surface area contributed by atoms with Gasteiger partial charge in [0.05, 0.1) is 19.8 Å². The zero-order valence-electron chi connectivity index (χ0n) is 18.6.